The molecule has 0 radical (unpaired) electrons. The fraction of sp³-hybridized carbons (Fsp3) is 0.0769. The highest BCUT2D eigenvalue weighted by atomic mass is 19.1. The predicted octanol–water partition coefficient (Wildman–Crippen LogP) is 3.02. The number of halogens is 1. The Balaban J connectivity index is 2.05. The lowest BCUT2D eigenvalue weighted by Crippen LogP contribution is -2.02. The summed E-state index contributed by atoms with van der Waals surface area (Å²) in [5, 5.41) is 3.16. The fourth-order valence-electron chi connectivity index (χ4n) is 1.49. The summed E-state index contributed by atoms with van der Waals surface area (Å²) < 4.78 is 12.8. The largest absolute Gasteiger partial charge is 0.397 e. The Labute approximate surface area is 93.9 Å². The number of hydrogen-bond donors (Lipinski definition) is 2. The first-order valence-electron chi connectivity index (χ1n) is 5.08. The van der Waals surface area contributed by atoms with E-state index in [2.05, 4.69) is 5.32 Å². The zero-order chi connectivity index (χ0) is 11.4. The average molecular weight is 216 g/mol. The molecule has 0 saturated heterocycles. The number of anilines is 2. The molecule has 0 bridgehead atoms. The highest BCUT2D eigenvalue weighted by Crippen LogP contribution is 2.19. The Morgan fingerprint density at radius 3 is 2.50 bits per heavy atom. The van der Waals surface area contributed by atoms with Crippen LogP contribution in [0.1, 0.15) is 5.56 Å². The maximum atomic E-state index is 12.8. The first-order valence-corrected chi connectivity index (χ1v) is 5.08. The molecule has 3 heteroatoms. The smallest absolute Gasteiger partial charge is 0.125 e. The van der Waals surface area contributed by atoms with Crippen LogP contribution in [0.5, 0.6) is 0 Å². The molecule has 0 saturated carbocycles. The molecule has 2 rings (SSSR count). The minimum Gasteiger partial charge on any atom is -0.397 e. The van der Waals surface area contributed by atoms with Gasteiger partial charge < -0.3 is 11.1 Å². The van der Waals surface area contributed by atoms with Gasteiger partial charge in [-0.25, -0.2) is 4.39 Å². The molecule has 0 aliphatic rings. The maximum absolute atomic E-state index is 12.8. The number of nitrogens with two attached hydrogens (primary N) is 1. The Kier molecular flexibility index (Phi) is 3.05. The summed E-state index contributed by atoms with van der Waals surface area (Å²) in [6, 6.07) is 14.3. The molecular formula is C13H13FN2. The normalized spacial score (nSPS) is 10.1. The standard InChI is InChI=1S/C13H13FN2/c14-11-6-7-13(12(15)8-11)16-9-10-4-2-1-3-5-10/h1-8,16H,9,15H2. The number of rotatable bonds is 3. The monoisotopic (exact) mass is 216 g/mol. The second kappa shape index (κ2) is 4.66. The molecule has 0 aliphatic carbocycles. The lowest BCUT2D eigenvalue weighted by atomic mass is 10.2. The summed E-state index contributed by atoms with van der Waals surface area (Å²) >= 11 is 0. The van der Waals surface area contributed by atoms with Gasteiger partial charge in [-0.2, -0.15) is 0 Å². The molecule has 0 unspecified atom stereocenters. The molecule has 2 aromatic rings. The van der Waals surface area contributed by atoms with Crippen LogP contribution in [0.15, 0.2) is 48.5 Å². The van der Waals surface area contributed by atoms with Crippen LogP contribution in [0.4, 0.5) is 15.8 Å². The average Bonchev–Trinajstić information content (AvgIpc) is 2.29. The zero-order valence-corrected chi connectivity index (χ0v) is 8.78. The van der Waals surface area contributed by atoms with Crippen molar-refractivity contribution in [2.24, 2.45) is 0 Å². The zero-order valence-electron chi connectivity index (χ0n) is 8.78. The van der Waals surface area contributed by atoms with Crippen LogP contribution >= 0.6 is 0 Å². The van der Waals surface area contributed by atoms with E-state index in [1.165, 1.54) is 12.1 Å². The number of benzene rings is 2. The van der Waals surface area contributed by atoms with Crippen molar-refractivity contribution >= 4 is 11.4 Å². The molecule has 3 N–H and O–H groups in total. The SMILES string of the molecule is Nc1cc(F)ccc1NCc1ccccc1. The second-order valence-electron chi connectivity index (χ2n) is 3.57. The summed E-state index contributed by atoms with van der Waals surface area (Å²) in [5.41, 5.74) is 8.02. The van der Waals surface area contributed by atoms with Crippen LogP contribution in [0.3, 0.4) is 0 Å². The molecule has 0 spiro atoms. The summed E-state index contributed by atoms with van der Waals surface area (Å²) in [4.78, 5) is 0. The van der Waals surface area contributed by atoms with Crippen LogP contribution in [-0.2, 0) is 6.54 Å². The van der Waals surface area contributed by atoms with Gasteiger partial charge in [-0.05, 0) is 23.8 Å². The van der Waals surface area contributed by atoms with Crippen LogP contribution in [-0.4, -0.2) is 0 Å². The van der Waals surface area contributed by atoms with Crippen molar-refractivity contribution in [1.82, 2.24) is 0 Å². The lowest BCUT2D eigenvalue weighted by molar-refractivity contribution is 0.628. The third-order valence-corrected chi connectivity index (χ3v) is 2.34. The Morgan fingerprint density at radius 2 is 1.81 bits per heavy atom. The molecule has 0 atom stereocenters. The van der Waals surface area contributed by atoms with Gasteiger partial charge in [0.25, 0.3) is 0 Å². The number of hydrogen-bond acceptors (Lipinski definition) is 2. The van der Waals surface area contributed by atoms with Crippen molar-refractivity contribution in [3.63, 3.8) is 0 Å². The van der Waals surface area contributed by atoms with Crippen molar-refractivity contribution in [1.29, 1.82) is 0 Å². The predicted molar refractivity (Wildman–Crippen MR) is 64.6 cm³/mol. The van der Waals surface area contributed by atoms with Crippen LogP contribution in [0.25, 0.3) is 0 Å². The molecule has 0 fully saturated rings. The van der Waals surface area contributed by atoms with Gasteiger partial charge in [0.2, 0.25) is 0 Å². The highest BCUT2D eigenvalue weighted by molar-refractivity contribution is 5.65. The van der Waals surface area contributed by atoms with Gasteiger partial charge in [0.05, 0.1) is 11.4 Å². The van der Waals surface area contributed by atoms with E-state index in [0.717, 1.165) is 11.3 Å². The van der Waals surface area contributed by atoms with E-state index in [1.807, 2.05) is 30.3 Å². The van der Waals surface area contributed by atoms with E-state index in [0.29, 0.717) is 12.2 Å². The molecular weight excluding hydrogens is 203 g/mol. The molecule has 0 aliphatic heterocycles. The van der Waals surface area contributed by atoms with Crippen molar-refractivity contribution in [3.8, 4) is 0 Å². The van der Waals surface area contributed by atoms with Crippen molar-refractivity contribution in [2.45, 2.75) is 6.54 Å². The lowest BCUT2D eigenvalue weighted by Gasteiger charge is -2.09. The minimum atomic E-state index is -0.317. The molecule has 0 aromatic heterocycles. The number of nitrogens with one attached hydrogen (secondary N) is 1. The van der Waals surface area contributed by atoms with Gasteiger partial charge in [0, 0.05) is 6.54 Å². The Hall–Kier alpha value is -2.03. The molecule has 2 nitrogen and oxygen atoms in total. The molecule has 0 heterocycles. The number of nitrogen functional groups attached to an aromatic ring is 1. The summed E-state index contributed by atoms with van der Waals surface area (Å²) in [7, 11) is 0. The van der Waals surface area contributed by atoms with Crippen LogP contribution < -0.4 is 11.1 Å². The van der Waals surface area contributed by atoms with Gasteiger partial charge in [-0.1, -0.05) is 30.3 Å². The van der Waals surface area contributed by atoms with Crippen LogP contribution in [0.2, 0.25) is 0 Å². The molecule has 82 valence electrons. The van der Waals surface area contributed by atoms with E-state index in [-0.39, 0.29) is 5.82 Å². The van der Waals surface area contributed by atoms with Gasteiger partial charge in [0.1, 0.15) is 5.82 Å². The first-order chi connectivity index (χ1) is 7.75. The highest BCUT2D eigenvalue weighted by Gasteiger charge is 1.99. The molecule has 0 amide bonds. The van der Waals surface area contributed by atoms with Gasteiger partial charge >= 0.3 is 0 Å². The molecule has 2 aromatic carbocycles. The topological polar surface area (TPSA) is 38.0 Å². The van der Waals surface area contributed by atoms with E-state index < -0.39 is 0 Å². The van der Waals surface area contributed by atoms with Gasteiger partial charge in [-0.3, -0.25) is 0 Å². The summed E-state index contributed by atoms with van der Waals surface area (Å²) in [6.45, 7) is 0.677. The summed E-state index contributed by atoms with van der Waals surface area (Å²) in [6.07, 6.45) is 0. The van der Waals surface area contributed by atoms with E-state index in [9.17, 15) is 4.39 Å². The van der Waals surface area contributed by atoms with Gasteiger partial charge in [-0.15, -0.1) is 0 Å². The van der Waals surface area contributed by atoms with E-state index >= 15 is 0 Å². The quantitative estimate of drug-likeness (QED) is 0.774. The third kappa shape index (κ3) is 2.51. The maximum Gasteiger partial charge on any atom is 0.125 e. The van der Waals surface area contributed by atoms with Crippen molar-refractivity contribution < 1.29 is 4.39 Å². The first kappa shape index (κ1) is 10.5. The fourth-order valence-corrected chi connectivity index (χ4v) is 1.49. The van der Waals surface area contributed by atoms with Crippen molar-refractivity contribution in [2.75, 3.05) is 11.1 Å². The Morgan fingerprint density at radius 1 is 1.06 bits per heavy atom. The van der Waals surface area contributed by atoms with E-state index in [1.54, 1.807) is 6.07 Å². The van der Waals surface area contributed by atoms with E-state index in [4.69, 9.17) is 5.73 Å². The van der Waals surface area contributed by atoms with Crippen LogP contribution in [0, 0.1) is 5.82 Å². The third-order valence-electron chi connectivity index (χ3n) is 2.34. The summed E-state index contributed by atoms with van der Waals surface area (Å²) in [5.74, 6) is -0.317. The second-order valence-corrected chi connectivity index (χ2v) is 3.57. The Bertz CT molecular complexity index is 469. The van der Waals surface area contributed by atoms with Gasteiger partial charge in [0.15, 0.2) is 0 Å². The molecule has 16 heavy (non-hydrogen) atoms. The van der Waals surface area contributed by atoms with Crippen molar-refractivity contribution in [3.05, 3.63) is 59.9 Å². The minimum absolute atomic E-state index is 0.317.